The number of hydrogen-bond acceptors (Lipinski definition) is 3. The van der Waals surface area contributed by atoms with Crippen LogP contribution in [0.4, 0.5) is 0 Å². The zero-order valence-corrected chi connectivity index (χ0v) is 12.9. The van der Waals surface area contributed by atoms with Gasteiger partial charge in [0, 0.05) is 39.6 Å². The predicted octanol–water partition coefficient (Wildman–Crippen LogP) is 0.564. The maximum atomic E-state index is 12.1. The minimum absolute atomic E-state index is 0.0568. The Hall–Kier alpha value is -0.660. The van der Waals surface area contributed by atoms with Gasteiger partial charge in [-0.3, -0.25) is 4.79 Å². The molecule has 6 nitrogen and oxygen atoms in total. The van der Waals surface area contributed by atoms with Crippen LogP contribution in [0.3, 0.4) is 0 Å². The van der Waals surface area contributed by atoms with E-state index in [2.05, 4.69) is 4.72 Å². The molecule has 0 unspecified atom stereocenters. The fourth-order valence-corrected chi connectivity index (χ4v) is 3.32. The Morgan fingerprint density at radius 2 is 1.95 bits per heavy atom. The van der Waals surface area contributed by atoms with Crippen molar-refractivity contribution in [2.45, 2.75) is 45.6 Å². The van der Waals surface area contributed by atoms with E-state index in [0.29, 0.717) is 32.5 Å². The lowest BCUT2D eigenvalue weighted by molar-refractivity contribution is -0.129. The van der Waals surface area contributed by atoms with Crippen LogP contribution >= 0.6 is 0 Å². The van der Waals surface area contributed by atoms with E-state index in [1.807, 2.05) is 6.92 Å². The van der Waals surface area contributed by atoms with E-state index < -0.39 is 10.2 Å². The maximum Gasteiger partial charge on any atom is 0.279 e. The topological polar surface area (TPSA) is 69.7 Å². The summed E-state index contributed by atoms with van der Waals surface area (Å²) in [6.07, 6.45) is 3.19. The molecule has 0 aliphatic carbocycles. The van der Waals surface area contributed by atoms with Gasteiger partial charge in [-0.15, -0.1) is 0 Å². The smallest absolute Gasteiger partial charge is 0.279 e. The van der Waals surface area contributed by atoms with Crippen LogP contribution in [-0.4, -0.2) is 56.3 Å². The largest absolute Gasteiger partial charge is 0.343 e. The third-order valence-corrected chi connectivity index (χ3v) is 5.13. The van der Waals surface area contributed by atoms with Crippen molar-refractivity contribution in [2.24, 2.45) is 0 Å². The van der Waals surface area contributed by atoms with Crippen molar-refractivity contribution in [3.8, 4) is 0 Å². The summed E-state index contributed by atoms with van der Waals surface area (Å²) >= 11 is 0. The molecule has 1 aliphatic heterocycles. The van der Waals surface area contributed by atoms with Crippen molar-refractivity contribution in [3.63, 3.8) is 0 Å². The molecule has 0 saturated carbocycles. The van der Waals surface area contributed by atoms with Crippen molar-refractivity contribution in [3.05, 3.63) is 0 Å². The van der Waals surface area contributed by atoms with Crippen molar-refractivity contribution >= 4 is 16.1 Å². The fourth-order valence-electron chi connectivity index (χ4n) is 2.11. The van der Waals surface area contributed by atoms with E-state index >= 15 is 0 Å². The molecule has 1 rings (SSSR count). The van der Waals surface area contributed by atoms with E-state index in [1.54, 1.807) is 18.9 Å². The van der Waals surface area contributed by atoms with Gasteiger partial charge >= 0.3 is 0 Å². The Morgan fingerprint density at radius 1 is 1.37 bits per heavy atom. The van der Waals surface area contributed by atoms with Crippen LogP contribution in [0.15, 0.2) is 0 Å². The Bertz CT molecular complexity index is 389. The summed E-state index contributed by atoms with van der Waals surface area (Å²) < 4.78 is 28.2. The highest BCUT2D eigenvalue weighted by molar-refractivity contribution is 7.87. The molecule has 1 N–H and O–H groups in total. The van der Waals surface area contributed by atoms with Crippen LogP contribution in [0.2, 0.25) is 0 Å². The summed E-state index contributed by atoms with van der Waals surface area (Å²) in [6.45, 7) is 5.37. The average molecular weight is 291 g/mol. The molecule has 0 atom stereocenters. The van der Waals surface area contributed by atoms with Crippen molar-refractivity contribution in [2.75, 3.05) is 26.7 Å². The third kappa shape index (κ3) is 5.08. The van der Waals surface area contributed by atoms with Crippen LogP contribution in [0.5, 0.6) is 0 Å². The molecule has 1 amide bonds. The Labute approximate surface area is 116 Å². The SMILES string of the molecule is CCCCN(C)S(=O)(=O)NC1CCN(C(C)=O)CC1. The van der Waals surface area contributed by atoms with Gasteiger partial charge in [-0.2, -0.15) is 17.4 Å². The number of nitrogens with one attached hydrogen (secondary N) is 1. The number of likely N-dealkylation sites (tertiary alicyclic amines) is 1. The average Bonchev–Trinajstić information content (AvgIpc) is 2.36. The van der Waals surface area contributed by atoms with E-state index in [9.17, 15) is 13.2 Å². The number of nitrogens with zero attached hydrogens (tertiary/aromatic N) is 2. The molecule has 0 aromatic heterocycles. The first-order valence-corrected chi connectivity index (χ1v) is 8.30. The van der Waals surface area contributed by atoms with Gasteiger partial charge in [-0.05, 0) is 19.3 Å². The summed E-state index contributed by atoms with van der Waals surface area (Å²) in [7, 11) is -1.79. The molecule has 112 valence electrons. The van der Waals surface area contributed by atoms with Crippen molar-refractivity contribution < 1.29 is 13.2 Å². The number of unbranched alkanes of at least 4 members (excludes halogenated alkanes) is 1. The molecule has 1 aliphatic rings. The molecule has 1 fully saturated rings. The van der Waals surface area contributed by atoms with Gasteiger partial charge in [-0.1, -0.05) is 13.3 Å². The van der Waals surface area contributed by atoms with Crippen LogP contribution in [-0.2, 0) is 15.0 Å². The summed E-state index contributed by atoms with van der Waals surface area (Å²) in [5, 5.41) is 0. The lowest BCUT2D eigenvalue weighted by atomic mass is 10.1. The predicted molar refractivity (Wildman–Crippen MR) is 74.9 cm³/mol. The summed E-state index contributed by atoms with van der Waals surface area (Å²) in [6, 6.07) is -0.0651. The van der Waals surface area contributed by atoms with Crippen molar-refractivity contribution in [1.29, 1.82) is 0 Å². The second-order valence-electron chi connectivity index (χ2n) is 5.08. The summed E-state index contributed by atoms with van der Waals surface area (Å²) in [4.78, 5) is 13.0. The molecule has 0 aromatic carbocycles. The number of rotatable bonds is 6. The van der Waals surface area contributed by atoms with E-state index in [1.165, 1.54) is 4.31 Å². The van der Waals surface area contributed by atoms with Gasteiger partial charge in [0.15, 0.2) is 0 Å². The first-order valence-electron chi connectivity index (χ1n) is 6.86. The van der Waals surface area contributed by atoms with Crippen LogP contribution in [0.25, 0.3) is 0 Å². The quantitative estimate of drug-likeness (QED) is 0.777. The molecule has 0 spiro atoms. The monoisotopic (exact) mass is 291 g/mol. The molecule has 1 saturated heterocycles. The Kier molecular flexibility index (Phi) is 6.22. The minimum Gasteiger partial charge on any atom is -0.343 e. The number of carbonyl (C=O) groups is 1. The molecule has 0 aromatic rings. The first kappa shape index (κ1) is 16.4. The molecule has 0 bridgehead atoms. The highest BCUT2D eigenvalue weighted by Gasteiger charge is 2.26. The van der Waals surface area contributed by atoms with E-state index in [-0.39, 0.29) is 11.9 Å². The molecule has 0 radical (unpaired) electrons. The second kappa shape index (κ2) is 7.21. The Balaban J connectivity index is 2.45. The van der Waals surface area contributed by atoms with Gasteiger partial charge < -0.3 is 4.90 Å². The number of piperidine rings is 1. The zero-order valence-electron chi connectivity index (χ0n) is 12.1. The molecule has 19 heavy (non-hydrogen) atoms. The number of amides is 1. The first-order chi connectivity index (χ1) is 8.86. The number of carbonyl (C=O) groups excluding carboxylic acids is 1. The molecule has 7 heteroatoms. The van der Waals surface area contributed by atoms with Crippen LogP contribution in [0, 0.1) is 0 Å². The highest BCUT2D eigenvalue weighted by atomic mass is 32.2. The molecular formula is C12H25N3O3S. The lowest BCUT2D eigenvalue weighted by Gasteiger charge is -2.32. The summed E-state index contributed by atoms with van der Waals surface area (Å²) in [5.41, 5.74) is 0. The van der Waals surface area contributed by atoms with Gasteiger partial charge in [0.2, 0.25) is 5.91 Å². The standard InChI is InChI=1S/C12H25N3O3S/c1-4-5-8-14(3)19(17,18)13-12-6-9-15(10-7-12)11(2)16/h12-13H,4-10H2,1-3H3. The molecule has 1 heterocycles. The number of hydrogen-bond donors (Lipinski definition) is 1. The van der Waals surface area contributed by atoms with Crippen LogP contribution < -0.4 is 4.72 Å². The van der Waals surface area contributed by atoms with Crippen LogP contribution in [0.1, 0.15) is 39.5 Å². The second-order valence-corrected chi connectivity index (χ2v) is 6.89. The minimum atomic E-state index is -3.39. The highest BCUT2D eigenvalue weighted by Crippen LogP contribution is 2.12. The normalized spacial score (nSPS) is 18.0. The summed E-state index contributed by atoms with van der Waals surface area (Å²) in [5.74, 6) is 0.0568. The molecular weight excluding hydrogens is 266 g/mol. The van der Waals surface area contributed by atoms with E-state index in [0.717, 1.165) is 12.8 Å². The van der Waals surface area contributed by atoms with Gasteiger partial charge in [0.1, 0.15) is 0 Å². The van der Waals surface area contributed by atoms with Gasteiger partial charge in [0.25, 0.3) is 10.2 Å². The fraction of sp³-hybridized carbons (Fsp3) is 0.917. The van der Waals surface area contributed by atoms with E-state index in [4.69, 9.17) is 0 Å². The van der Waals surface area contributed by atoms with Gasteiger partial charge in [0.05, 0.1) is 0 Å². The zero-order chi connectivity index (χ0) is 14.5. The lowest BCUT2D eigenvalue weighted by Crippen LogP contribution is -2.49. The third-order valence-electron chi connectivity index (χ3n) is 3.49. The Morgan fingerprint density at radius 3 is 2.42 bits per heavy atom. The van der Waals surface area contributed by atoms with Crippen molar-refractivity contribution in [1.82, 2.24) is 13.9 Å². The van der Waals surface area contributed by atoms with Gasteiger partial charge in [-0.25, -0.2) is 0 Å². The maximum absolute atomic E-state index is 12.1.